The van der Waals surface area contributed by atoms with Gasteiger partial charge in [0.05, 0.1) is 24.8 Å². The zero-order chi connectivity index (χ0) is 13.4. The van der Waals surface area contributed by atoms with Crippen LogP contribution in [0.4, 0.5) is 5.82 Å². The van der Waals surface area contributed by atoms with Crippen molar-refractivity contribution in [3.05, 3.63) is 29.3 Å². The van der Waals surface area contributed by atoms with E-state index in [-0.39, 0.29) is 5.97 Å². The van der Waals surface area contributed by atoms with E-state index in [1.165, 1.54) is 7.11 Å². The summed E-state index contributed by atoms with van der Waals surface area (Å²) in [6.07, 6.45) is 1.79. The van der Waals surface area contributed by atoms with Crippen molar-refractivity contribution >= 4 is 22.7 Å². The van der Waals surface area contributed by atoms with Crippen LogP contribution in [-0.2, 0) is 11.2 Å². The molecule has 0 saturated carbocycles. The molecule has 0 fully saturated rings. The van der Waals surface area contributed by atoms with Crippen LogP contribution in [0.2, 0.25) is 0 Å². The fourth-order valence-electron chi connectivity index (χ4n) is 2.37. The summed E-state index contributed by atoms with van der Waals surface area (Å²) in [6.45, 7) is 0.661. The Balaban J connectivity index is 2.26. The molecule has 0 aliphatic carbocycles. The Hall–Kier alpha value is -2.30. The maximum Gasteiger partial charge on any atom is 0.337 e. The molecule has 0 amide bonds. The van der Waals surface area contributed by atoms with E-state index in [0.717, 1.165) is 35.1 Å². The molecule has 2 aromatic rings. The van der Waals surface area contributed by atoms with E-state index in [0.29, 0.717) is 18.0 Å². The highest BCUT2D eigenvalue weighted by molar-refractivity contribution is 5.97. The first-order valence-corrected chi connectivity index (χ1v) is 6.14. The van der Waals surface area contributed by atoms with Crippen molar-refractivity contribution in [2.75, 3.05) is 19.5 Å². The number of carbonyl (C=O) groups excluding carboxylic acids is 1. The Morgan fingerprint density at radius 1 is 1.47 bits per heavy atom. The molecule has 1 aromatic carbocycles. The molecule has 1 aromatic heterocycles. The number of benzene rings is 1. The number of anilines is 1. The molecule has 2 N–H and O–H groups in total. The molecule has 1 aliphatic rings. The zero-order valence-corrected chi connectivity index (χ0v) is 10.6. The lowest BCUT2D eigenvalue weighted by molar-refractivity contribution is 0.0601. The van der Waals surface area contributed by atoms with Crippen molar-refractivity contribution in [1.29, 1.82) is 0 Å². The number of aromatic nitrogens is 1. The standard InChI is InChI=1S/C14H14N2O3/c1-18-14(17)8-4-5-11-10(7-8)12-9(13(15)16-11)3-2-6-19-12/h4-5,7H,2-3,6H2,1H3,(H2,15,16). The monoisotopic (exact) mass is 258 g/mol. The summed E-state index contributed by atoms with van der Waals surface area (Å²) in [5.41, 5.74) is 8.09. The third-order valence-corrected chi connectivity index (χ3v) is 3.30. The second-order valence-corrected chi connectivity index (χ2v) is 4.48. The van der Waals surface area contributed by atoms with E-state index in [1.807, 2.05) is 0 Å². The SMILES string of the molecule is COC(=O)c1ccc2nc(N)c3c(c2c1)OCCC3. The van der Waals surface area contributed by atoms with E-state index in [4.69, 9.17) is 15.2 Å². The maximum absolute atomic E-state index is 11.6. The Kier molecular flexibility index (Phi) is 2.74. The average Bonchev–Trinajstić information content (AvgIpc) is 2.46. The molecule has 3 rings (SSSR count). The van der Waals surface area contributed by atoms with Gasteiger partial charge in [-0.1, -0.05) is 0 Å². The summed E-state index contributed by atoms with van der Waals surface area (Å²) in [5.74, 6) is 0.885. The fraction of sp³-hybridized carbons (Fsp3) is 0.286. The first-order chi connectivity index (χ1) is 9.20. The van der Waals surface area contributed by atoms with Crippen LogP contribution in [0.3, 0.4) is 0 Å². The summed E-state index contributed by atoms with van der Waals surface area (Å²) in [7, 11) is 1.36. The minimum Gasteiger partial charge on any atom is -0.492 e. The van der Waals surface area contributed by atoms with E-state index in [9.17, 15) is 4.79 Å². The Bertz CT molecular complexity index is 667. The number of nitrogens with zero attached hydrogens (tertiary/aromatic N) is 1. The highest BCUT2D eigenvalue weighted by Gasteiger charge is 2.19. The molecule has 0 bridgehead atoms. The van der Waals surface area contributed by atoms with Gasteiger partial charge >= 0.3 is 5.97 Å². The van der Waals surface area contributed by atoms with Gasteiger partial charge in [0, 0.05) is 10.9 Å². The Morgan fingerprint density at radius 2 is 2.32 bits per heavy atom. The average molecular weight is 258 g/mol. The minimum atomic E-state index is -0.372. The van der Waals surface area contributed by atoms with Gasteiger partial charge in [0.15, 0.2) is 0 Å². The molecule has 1 aliphatic heterocycles. The van der Waals surface area contributed by atoms with Gasteiger partial charge in [0.2, 0.25) is 0 Å². The van der Waals surface area contributed by atoms with Gasteiger partial charge in [-0.3, -0.25) is 0 Å². The molecular formula is C14H14N2O3. The number of hydrogen-bond acceptors (Lipinski definition) is 5. The smallest absolute Gasteiger partial charge is 0.337 e. The van der Waals surface area contributed by atoms with E-state index in [1.54, 1.807) is 18.2 Å². The molecule has 0 atom stereocenters. The molecule has 5 nitrogen and oxygen atoms in total. The lowest BCUT2D eigenvalue weighted by atomic mass is 10.0. The van der Waals surface area contributed by atoms with Gasteiger partial charge in [-0.25, -0.2) is 9.78 Å². The van der Waals surface area contributed by atoms with Crippen LogP contribution in [0.5, 0.6) is 5.75 Å². The van der Waals surface area contributed by atoms with Gasteiger partial charge in [0.25, 0.3) is 0 Å². The molecular weight excluding hydrogens is 244 g/mol. The van der Waals surface area contributed by atoms with E-state index in [2.05, 4.69) is 4.98 Å². The van der Waals surface area contributed by atoms with Crippen molar-refractivity contribution in [3.8, 4) is 5.75 Å². The highest BCUT2D eigenvalue weighted by Crippen LogP contribution is 2.36. The van der Waals surface area contributed by atoms with Crippen LogP contribution in [0.15, 0.2) is 18.2 Å². The van der Waals surface area contributed by atoms with Crippen LogP contribution in [-0.4, -0.2) is 24.7 Å². The molecule has 0 saturated heterocycles. The van der Waals surface area contributed by atoms with Crippen molar-refractivity contribution in [3.63, 3.8) is 0 Å². The lowest BCUT2D eigenvalue weighted by Crippen LogP contribution is -2.12. The second-order valence-electron chi connectivity index (χ2n) is 4.48. The number of methoxy groups -OCH3 is 1. The van der Waals surface area contributed by atoms with Crippen LogP contribution < -0.4 is 10.5 Å². The summed E-state index contributed by atoms with van der Waals surface area (Å²) in [4.78, 5) is 15.9. The van der Waals surface area contributed by atoms with Gasteiger partial charge in [-0.15, -0.1) is 0 Å². The summed E-state index contributed by atoms with van der Waals surface area (Å²) < 4.78 is 10.4. The number of pyridine rings is 1. The van der Waals surface area contributed by atoms with Crippen molar-refractivity contribution in [1.82, 2.24) is 4.98 Å². The number of esters is 1. The first kappa shape index (κ1) is 11.8. The topological polar surface area (TPSA) is 74.4 Å². The predicted octanol–water partition coefficient (Wildman–Crippen LogP) is 1.93. The number of fused-ring (bicyclic) bond motifs is 3. The Labute approximate surface area is 110 Å². The van der Waals surface area contributed by atoms with Gasteiger partial charge in [-0.2, -0.15) is 0 Å². The fourth-order valence-corrected chi connectivity index (χ4v) is 2.37. The summed E-state index contributed by atoms with van der Waals surface area (Å²) in [5, 5.41) is 0.812. The van der Waals surface area contributed by atoms with Crippen LogP contribution >= 0.6 is 0 Å². The number of ether oxygens (including phenoxy) is 2. The van der Waals surface area contributed by atoms with Crippen LogP contribution in [0.1, 0.15) is 22.3 Å². The number of hydrogen-bond donors (Lipinski definition) is 1. The minimum absolute atomic E-state index is 0.372. The molecule has 0 radical (unpaired) electrons. The lowest BCUT2D eigenvalue weighted by Gasteiger charge is -2.20. The number of rotatable bonds is 1. The van der Waals surface area contributed by atoms with E-state index < -0.39 is 0 Å². The third kappa shape index (κ3) is 1.87. The highest BCUT2D eigenvalue weighted by atomic mass is 16.5. The van der Waals surface area contributed by atoms with Gasteiger partial charge in [0.1, 0.15) is 11.6 Å². The predicted molar refractivity (Wildman–Crippen MR) is 71.3 cm³/mol. The molecule has 98 valence electrons. The number of carbonyl (C=O) groups is 1. The summed E-state index contributed by atoms with van der Waals surface area (Å²) >= 11 is 0. The largest absolute Gasteiger partial charge is 0.492 e. The molecule has 19 heavy (non-hydrogen) atoms. The third-order valence-electron chi connectivity index (χ3n) is 3.30. The van der Waals surface area contributed by atoms with Crippen LogP contribution in [0, 0.1) is 0 Å². The Morgan fingerprint density at radius 3 is 3.11 bits per heavy atom. The maximum atomic E-state index is 11.6. The van der Waals surface area contributed by atoms with E-state index >= 15 is 0 Å². The van der Waals surface area contributed by atoms with Crippen molar-refractivity contribution < 1.29 is 14.3 Å². The van der Waals surface area contributed by atoms with Crippen molar-refractivity contribution in [2.24, 2.45) is 0 Å². The normalized spacial score (nSPS) is 13.7. The molecule has 2 heterocycles. The number of nitrogens with two attached hydrogens (primary N) is 1. The first-order valence-electron chi connectivity index (χ1n) is 6.14. The van der Waals surface area contributed by atoms with Crippen molar-refractivity contribution in [2.45, 2.75) is 12.8 Å². The molecule has 0 spiro atoms. The van der Waals surface area contributed by atoms with Gasteiger partial charge < -0.3 is 15.2 Å². The zero-order valence-electron chi connectivity index (χ0n) is 10.6. The molecule has 5 heteroatoms. The number of nitrogen functional groups attached to an aromatic ring is 1. The van der Waals surface area contributed by atoms with Gasteiger partial charge in [-0.05, 0) is 31.0 Å². The van der Waals surface area contributed by atoms with Crippen LogP contribution in [0.25, 0.3) is 10.9 Å². The summed E-state index contributed by atoms with van der Waals surface area (Å²) in [6, 6.07) is 5.18. The quantitative estimate of drug-likeness (QED) is 0.791. The molecule has 0 unspecified atom stereocenters. The second kappa shape index (κ2) is 4.42.